The molecule has 142 valence electrons. The summed E-state index contributed by atoms with van der Waals surface area (Å²) in [5.74, 6) is 0.635. The molecule has 27 heavy (non-hydrogen) atoms. The fourth-order valence-corrected chi connectivity index (χ4v) is 5.34. The Labute approximate surface area is 157 Å². The second-order valence-electron chi connectivity index (χ2n) is 7.10. The Morgan fingerprint density at radius 1 is 1.26 bits per heavy atom. The van der Waals surface area contributed by atoms with E-state index in [-0.39, 0.29) is 36.4 Å². The summed E-state index contributed by atoms with van der Waals surface area (Å²) in [5, 5.41) is 0.917. The van der Waals surface area contributed by atoms with Gasteiger partial charge in [-0.25, -0.2) is 8.42 Å². The maximum atomic E-state index is 13.1. The Balaban J connectivity index is 1.60. The smallest absolute Gasteiger partial charge is 0.227 e. The number of carbonyl (C=O) groups is 1. The molecule has 1 aromatic carbocycles. The maximum absolute atomic E-state index is 13.1. The van der Waals surface area contributed by atoms with Gasteiger partial charge in [0.05, 0.1) is 37.0 Å². The van der Waals surface area contributed by atoms with Gasteiger partial charge in [0.2, 0.25) is 5.91 Å². The summed E-state index contributed by atoms with van der Waals surface area (Å²) in [4.78, 5) is 14.7. The molecule has 3 aromatic rings. The van der Waals surface area contributed by atoms with Crippen molar-refractivity contribution < 1.29 is 22.0 Å². The molecule has 1 atom stereocenters. The van der Waals surface area contributed by atoms with Crippen molar-refractivity contribution in [2.75, 3.05) is 11.5 Å². The number of rotatable bonds is 5. The number of benzene rings is 1. The van der Waals surface area contributed by atoms with E-state index >= 15 is 0 Å². The van der Waals surface area contributed by atoms with Gasteiger partial charge < -0.3 is 13.7 Å². The SMILES string of the molecule is Cc1ccc2occ(CC(=O)N(Cc3ccco3)[C@H]3CCS(=O)(=O)C3)c2c1. The normalized spacial score (nSPS) is 18.8. The molecule has 1 aliphatic rings. The number of hydrogen-bond donors (Lipinski definition) is 0. The molecule has 0 radical (unpaired) electrons. The van der Waals surface area contributed by atoms with Gasteiger partial charge in [-0.15, -0.1) is 0 Å². The number of amides is 1. The van der Waals surface area contributed by atoms with E-state index in [0.29, 0.717) is 12.2 Å². The molecule has 0 N–H and O–H groups in total. The predicted molar refractivity (Wildman–Crippen MR) is 101 cm³/mol. The summed E-state index contributed by atoms with van der Waals surface area (Å²) in [5.41, 5.74) is 2.64. The predicted octanol–water partition coefficient (Wildman–Crippen LogP) is 3.09. The number of carbonyl (C=O) groups excluding carboxylic acids is 1. The van der Waals surface area contributed by atoms with Crippen molar-refractivity contribution in [3.8, 4) is 0 Å². The molecule has 0 saturated carbocycles. The highest BCUT2D eigenvalue weighted by Crippen LogP contribution is 2.26. The summed E-state index contributed by atoms with van der Waals surface area (Å²) in [6.45, 7) is 2.26. The van der Waals surface area contributed by atoms with Crippen LogP contribution in [-0.2, 0) is 27.6 Å². The molecule has 1 amide bonds. The zero-order chi connectivity index (χ0) is 19.0. The van der Waals surface area contributed by atoms with Crippen LogP contribution in [0.5, 0.6) is 0 Å². The summed E-state index contributed by atoms with van der Waals surface area (Å²) in [6.07, 6.45) is 3.78. The lowest BCUT2D eigenvalue weighted by atomic mass is 10.1. The zero-order valence-electron chi connectivity index (χ0n) is 15.1. The third-order valence-electron chi connectivity index (χ3n) is 5.03. The van der Waals surface area contributed by atoms with E-state index in [1.807, 2.05) is 25.1 Å². The third kappa shape index (κ3) is 3.78. The van der Waals surface area contributed by atoms with Gasteiger partial charge in [0.15, 0.2) is 9.84 Å². The van der Waals surface area contributed by atoms with Crippen molar-refractivity contribution in [3.05, 3.63) is 59.7 Å². The van der Waals surface area contributed by atoms with Crippen LogP contribution in [0, 0.1) is 6.92 Å². The molecule has 7 heteroatoms. The van der Waals surface area contributed by atoms with E-state index in [1.165, 1.54) is 0 Å². The van der Waals surface area contributed by atoms with E-state index in [1.54, 1.807) is 29.6 Å². The number of sulfone groups is 1. The molecule has 0 bridgehead atoms. The summed E-state index contributed by atoms with van der Waals surface area (Å²) in [6, 6.07) is 9.08. The number of aryl methyl sites for hydroxylation is 1. The van der Waals surface area contributed by atoms with Crippen LogP contribution in [0.25, 0.3) is 11.0 Å². The maximum Gasteiger partial charge on any atom is 0.227 e. The first-order valence-electron chi connectivity index (χ1n) is 8.90. The molecule has 2 aromatic heterocycles. The fraction of sp³-hybridized carbons (Fsp3) is 0.350. The second-order valence-corrected chi connectivity index (χ2v) is 9.32. The first-order valence-corrected chi connectivity index (χ1v) is 10.7. The molecule has 1 saturated heterocycles. The Hall–Kier alpha value is -2.54. The molecular weight excluding hydrogens is 366 g/mol. The number of fused-ring (bicyclic) bond motifs is 1. The standard InChI is InChI=1S/C20H21NO5S/c1-14-4-5-19-18(9-14)15(12-26-19)10-20(22)21(11-17-3-2-7-25-17)16-6-8-27(23,24)13-16/h2-5,7,9,12,16H,6,8,10-11,13H2,1H3/t16-/m0/s1. The van der Waals surface area contributed by atoms with Gasteiger partial charge in [0.25, 0.3) is 0 Å². The van der Waals surface area contributed by atoms with Crippen molar-refractivity contribution >= 4 is 26.7 Å². The Morgan fingerprint density at radius 2 is 2.11 bits per heavy atom. The lowest BCUT2D eigenvalue weighted by Gasteiger charge is -2.27. The minimum atomic E-state index is -3.10. The molecule has 1 fully saturated rings. The van der Waals surface area contributed by atoms with Crippen molar-refractivity contribution in [3.63, 3.8) is 0 Å². The highest BCUT2D eigenvalue weighted by molar-refractivity contribution is 7.91. The van der Waals surface area contributed by atoms with Gasteiger partial charge in [0, 0.05) is 17.0 Å². The minimum Gasteiger partial charge on any atom is -0.467 e. The quantitative estimate of drug-likeness (QED) is 0.672. The first-order chi connectivity index (χ1) is 12.9. The molecular formula is C20H21NO5S. The van der Waals surface area contributed by atoms with Gasteiger partial charge in [-0.3, -0.25) is 4.79 Å². The third-order valence-corrected chi connectivity index (χ3v) is 6.78. The minimum absolute atomic E-state index is 0.00465. The van der Waals surface area contributed by atoms with Crippen molar-refractivity contribution in [2.24, 2.45) is 0 Å². The first kappa shape index (κ1) is 17.9. The van der Waals surface area contributed by atoms with E-state index in [4.69, 9.17) is 8.83 Å². The van der Waals surface area contributed by atoms with Gasteiger partial charge in [0.1, 0.15) is 11.3 Å². The Bertz CT molecular complexity index is 1070. The van der Waals surface area contributed by atoms with E-state index in [9.17, 15) is 13.2 Å². The van der Waals surface area contributed by atoms with Crippen LogP contribution in [0.15, 0.2) is 51.7 Å². The van der Waals surface area contributed by atoms with Crippen LogP contribution in [0.4, 0.5) is 0 Å². The molecule has 0 unspecified atom stereocenters. The lowest BCUT2D eigenvalue weighted by Crippen LogP contribution is -2.41. The molecule has 0 aliphatic carbocycles. The summed E-state index contributed by atoms with van der Waals surface area (Å²) in [7, 11) is -3.10. The highest BCUT2D eigenvalue weighted by atomic mass is 32.2. The molecule has 0 spiro atoms. The molecule has 4 rings (SSSR count). The average molecular weight is 387 g/mol. The average Bonchev–Trinajstić information content (AvgIpc) is 3.34. The van der Waals surface area contributed by atoms with Gasteiger partial charge in [-0.05, 0) is 37.6 Å². The van der Waals surface area contributed by atoms with Crippen LogP contribution in [0.1, 0.15) is 23.3 Å². The fourth-order valence-electron chi connectivity index (χ4n) is 3.61. The molecule has 3 heterocycles. The topological polar surface area (TPSA) is 80.7 Å². The van der Waals surface area contributed by atoms with Crippen LogP contribution in [0.2, 0.25) is 0 Å². The Kier molecular flexibility index (Phi) is 4.55. The summed E-state index contributed by atoms with van der Waals surface area (Å²) < 4.78 is 34.8. The van der Waals surface area contributed by atoms with Gasteiger partial charge in [-0.2, -0.15) is 0 Å². The molecule has 1 aliphatic heterocycles. The second kappa shape index (κ2) is 6.88. The van der Waals surface area contributed by atoms with E-state index in [2.05, 4.69) is 0 Å². The highest BCUT2D eigenvalue weighted by Gasteiger charge is 2.35. The van der Waals surface area contributed by atoms with Gasteiger partial charge >= 0.3 is 0 Å². The van der Waals surface area contributed by atoms with Gasteiger partial charge in [-0.1, -0.05) is 11.6 Å². The number of nitrogens with zero attached hydrogens (tertiary/aromatic N) is 1. The number of furan rings is 2. The van der Waals surface area contributed by atoms with Crippen LogP contribution < -0.4 is 0 Å². The lowest BCUT2D eigenvalue weighted by molar-refractivity contribution is -0.133. The van der Waals surface area contributed by atoms with Crippen LogP contribution >= 0.6 is 0 Å². The zero-order valence-corrected chi connectivity index (χ0v) is 15.9. The van der Waals surface area contributed by atoms with Crippen molar-refractivity contribution in [2.45, 2.75) is 32.4 Å². The van der Waals surface area contributed by atoms with Crippen LogP contribution in [0.3, 0.4) is 0 Å². The monoisotopic (exact) mass is 387 g/mol. The van der Waals surface area contributed by atoms with E-state index < -0.39 is 9.84 Å². The largest absolute Gasteiger partial charge is 0.467 e. The summed E-state index contributed by atoms with van der Waals surface area (Å²) >= 11 is 0. The number of hydrogen-bond acceptors (Lipinski definition) is 5. The van der Waals surface area contributed by atoms with Crippen molar-refractivity contribution in [1.82, 2.24) is 4.90 Å². The Morgan fingerprint density at radius 3 is 2.81 bits per heavy atom. The van der Waals surface area contributed by atoms with Crippen molar-refractivity contribution in [1.29, 1.82) is 0 Å². The van der Waals surface area contributed by atoms with Crippen LogP contribution in [-0.4, -0.2) is 36.8 Å². The molecule has 6 nitrogen and oxygen atoms in total. The van der Waals surface area contributed by atoms with E-state index in [0.717, 1.165) is 22.1 Å².